The average Bonchev–Trinajstić information content (AvgIpc) is 2.91. The molecule has 0 bridgehead atoms. The van der Waals surface area contributed by atoms with E-state index in [-0.39, 0.29) is 5.91 Å². The molecule has 0 aromatic heterocycles. The number of fused-ring (bicyclic) bond motifs is 1. The number of benzene rings is 3. The maximum atomic E-state index is 13.3. The summed E-state index contributed by atoms with van der Waals surface area (Å²) < 4.78 is 0. The maximum Gasteiger partial charge on any atom is 0.266 e. The lowest BCUT2D eigenvalue weighted by molar-refractivity contribution is -0.137. The molecule has 4 rings (SSSR count). The Morgan fingerprint density at radius 1 is 0.885 bits per heavy atom. The number of rotatable bonds is 5. The fraction of sp³-hybridized carbons (Fsp3) is 0.136. The number of carbonyl (C=O) groups is 1. The van der Waals surface area contributed by atoms with Crippen LogP contribution in [-0.2, 0) is 21.8 Å². The molecule has 0 spiro atoms. The van der Waals surface area contributed by atoms with Crippen LogP contribution in [0, 0.1) is 0 Å². The molecule has 3 aromatic rings. The van der Waals surface area contributed by atoms with E-state index in [9.17, 15) is 4.79 Å². The summed E-state index contributed by atoms with van der Waals surface area (Å²) in [6, 6.07) is 27.3. The van der Waals surface area contributed by atoms with Crippen molar-refractivity contribution < 1.29 is 9.63 Å². The fourth-order valence-electron chi connectivity index (χ4n) is 3.28. The molecule has 4 heteroatoms. The summed E-state index contributed by atoms with van der Waals surface area (Å²) in [5, 5.41) is 0. The average molecular weight is 344 g/mol. The van der Waals surface area contributed by atoms with Gasteiger partial charge in [-0.2, -0.15) is 0 Å². The standard InChI is InChI=1S/C22H20N2O2/c1-22(26-23-18-12-6-3-7-13-18)19-14-8-9-15-20(19)24(21(22)25)16-17-10-4-2-5-11-17/h2-15,23H,16H2,1H3/t22-/m1/s1. The molecule has 1 N–H and O–H groups in total. The third kappa shape index (κ3) is 2.85. The predicted molar refractivity (Wildman–Crippen MR) is 103 cm³/mol. The van der Waals surface area contributed by atoms with Gasteiger partial charge in [-0.15, -0.1) is 0 Å². The van der Waals surface area contributed by atoms with Crippen molar-refractivity contribution in [1.82, 2.24) is 0 Å². The predicted octanol–water partition coefficient (Wildman–Crippen LogP) is 4.49. The smallest absolute Gasteiger partial charge is 0.266 e. The second kappa shape index (κ2) is 6.65. The van der Waals surface area contributed by atoms with Crippen molar-refractivity contribution in [3.63, 3.8) is 0 Å². The van der Waals surface area contributed by atoms with Crippen molar-refractivity contribution in [2.24, 2.45) is 0 Å². The van der Waals surface area contributed by atoms with Crippen LogP contribution in [0.5, 0.6) is 0 Å². The van der Waals surface area contributed by atoms with Crippen molar-refractivity contribution in [3.05, 3.63) is 96.1 Å². The van der Waals surface area contributed by atoms with E-state index in [4.69, 9.17) is 4.84 Å². The highest BCUT2D eigenvalue weighted by Crippen LogP contribution is 2.43. The van der Waals surface area contributed by atoms with Crippen LogP contribution in [0.1, 0.15) is 18.1 Å². The van der Waals surface area contributed by atoms with E-state index in [0.717, 1.165) is 22.5 Å². The highest BCUT2D eigenvalue weighted by Gasteiger charge is 2.49. The van der Waals surface area contributed by atoms with Crippen LogP contribution in [0.25, 0.3) is 0 Å². The highest BCUT2D eigenvalue weighted by molar-refractivity contribution is 6.06. The normalized spacial score (nSPS) is 18.7. The zero-order valence-corrected chi connectivity index (χ0v) is 14.6. The van der Waals surface area contributed by atoms with Crippen LogP contribution in [0.15, 0.2) is 84.9 Å². The number of hydrogen-bond donors (Lipinski definition) is 1. The number of carbonyl (C=O) groups excluding carboxylic acids is 1. The Hall–Kier alpha value is -3.11. The molecule has 26 heavy (non-hydrogen) atoms. The van der Waals surface area contributed by atoms with Gasteiger partial charge in [-0.05, 0) is 30.7 Å². The SMILES string of the molecule is C[C@]1(ONc2ccccc2)C(=O)N(Cc2ccccc2)c2ccccc21. The van der Waals surface area contributed by atoms with Crippen LogP contribution in [0.3, 0.4) is 0 Å². The largest absolute Gasteiger partial charge is 0.305 e. The monoisotopic (exact) mass is 344 g/mol. The van der Waals surface area contributed by atoms with E-state index in [1.165, 1.54) is 0 Å². The van der Waals surface area contributed by atoms with Crippen LogP contribution in [-0.4, -0.2) is 5.91 Å². The number of anilines is 2. The third-order valence-electron chi connectivity index (χ3n) is 4.69. The second-order valence-electron chi connectivity index (χ2n) is 6.50. The van der Waals surface area contributed by atoms with Gasteiger partial charge in [-0.1, -0.05) is 66.7 Å². The number of para-hydroxylation sites is 2. The second-order valence-corrected chi connectivity index (χ2v) is 6.50. The van der Waals surface area contributed by atoms with Crippen molar-refractivity contribution >= 4 is 17.3 Å². The van der Waals surface area contributed by atoms with Gasteiger partial charge >= 0.3 is 0 Å². The Kier molecular flexibility index (Phi) is 4.19. The van der Waals surface area contributed by atoms with Crippen molar-refractivity contribution in [1.29, 1.82) is 0 Å². The Bertz CT molecular complexity index is 912. The van der Waals surface area contributed by atoms with E-state index in [2.05, 4.69) is 5.48 Å². The van der Waals surface area contributed by atoms with E-state index >= 15 is 0 Å². The van der Waals surface area contributed by atoms with Gasteiger partial charge in [0.2, 0.25) is 0 Å². The van der Waals surface area contributed by atoms with Crippen LogP contribution < -0.4 is 10.4 Å². The van der Waals surface area contributed by atoms with Crippen molar-refractivity contribution in [2.45, 2.75) is 19.1 Å². The molecule has 0 fully saturated rings. The van der Waals surface area contributed by atoms with Crippen LogP contribution in [0.4, 0.5) is 11.4 Å². The minimum Gasteiger partial charge on any atom is -0.305 e. The molecule has 0 saturated heterocycles. The van der Waals surface area contributed by atoms with E-state index in [0.29, 0.717) is 6.54 Å². The van der Waals surface area contributed by atoms with Gasteiger partial charge in [-0.3, -0.25) is 15.1 Å². The summed E-state index contributed by atoms with van der Waals surface area (Å²) in [4.78, 5) is 21.0. The van der Waals surface area contributed by atoms with Gasteiger partial charge in [0.05, 0.1) is 17.9 Å². The maximum absolute atomic E-state index is 13.3. The molecule has 0 aliphatic carbocycles. The van der Waals surface area contributed by atoms with Crippen molar-refractivity contribution in [2.75, 3.05) is 10.4 Å². The highest BCUT2D eigenvalue weighted by atomic mass is 16.7. The summed E-state index contributed by atoms with van der Waals surface area (Å²) >= 11 is 0. The Balaban J connectivity index is 1.64. The number of amides is 1. The van der Waals surface area contributed by atoms with Gasteiger partial charge in [0.15, 0.2) is 5.60 Å². The molecule has 4 nitrogen and oxygen atoms in total. The van der Waals surface area contributed by atoms with E-state index < -0.39 is 5.60 Å². The summed E-state index contributed by atoms with van der Waals surface area (Å²) in [6.45, 7) is 2.33. The molecule has 0 unspecified atom stereocenters. The molecule has 1 amide bonds. The fourth-order valence-corrected chi connectivity index (χ4v) is 3.28. The minimum atomic E-state index is -1.08. The Morgan fingerprint density at radius 2 is 1.50 bits per heavy atom. The number of nitrogens with zero attached hydrogens (tertiary/aromatic N) is 1. The topological polar surface area (TPSA) is 41.6 Å². The minimum absolute atomic E-state index is 0.0778. The Morgan fingerprint density at radius 3 is 2.23 bits per heavy atom. The van der Waals surface area contributed by atoms with Gasteiger partial charge in [0.25, 0.3) is 5.91 Å². The van der Waals surface area contributed by atoms with Crippen LogP contribution >= 0.6 is 0 Å². The quantitative estimate of drug-likeness (QED) is 0.693. The lowest BCUT2D eigenvalue weighted by Crippen LogP contribution is -2.41. The van der Waals surface area contributed by atoms with Gasteiger partial charge in [0, 0.05) is 5.56 Å². The summed E-state index contributed by atoms with van der Waals surface area (Å²) in [6.07, 6.45) is 0. The summed E-state index contributed by atoms with van der Waals surface area (Å²) in [5.74, 6) is -0.0778. The number of nitrogens with one attached hydrogen (secondary N) is 1. The summed E-state index contributed by atoms with van der Waals surface area (Å²) in [7, 11) is 0. The molecule has 1 heterocycles. The third-order valence-corrected chi connectivity index (χ3v) is 4.69. The molecule has 1 aliphatic rings. The summed E-state index contributed by atoms with van der Waals surface area (Å²) in [5.41, 5.74) is 5.49. The Labute approximate surface area is 153 Å². The first-order valence-corrected chi connectivity index (χ1v) is 8.63. The molecule has 1 aliphatic heterocycles. The van der Waals surface area contributed by atoms with Crippen molar-refractivity contribution in [3.8, 4) is 0 Å². The van der Waals surface area contributed by atoms with Gasteiger partial charge in [0.1, 0.15) is 0 Å². The van der Waals surface area contributed by atoms with Gasteiger partial charge in [-0.25, -0.2) is 0 Å². The van der Waals surface area contributed by atoms with E-state index in [1.807, 2.05) is 91.9 Å². The van der Waals surface area contributed by atoms with E-state index in [1.54, 1.807) is 4.90 Å². The lowest BCUT2D eigenvalue weighted by atomic mass is 9.98. The zero-order valence-electron chi connectivity index (χ0n) is 14.6. The number of hydrogen-bond acceptors (Lipinski definition) is 3. The lowest BCUT2D eigenvalue weighted by Gasteiger charge is -2.25. The molecule has 1 atom stereocenters. The first-order valence-electron chi connectivity index (χ1n) is 8.63. The van der Waals surface area contributed by atoms with Gasteiger partial charge < -0.3 is 4.90 Å². The molecular formula is C22H20N2O2. The molecular weight excluding hydrogens is 324 g/mol. The van der Waals surface area contributed by atoms with Crippen LogP contribution in [0.2, 0.25) is 0 Å². The molecule has 0 radical (unpaired) electrons. The molecule has 0 saturated carbocycles. The first-order chi connectivity index (χ1) is 12.7. The molecule has 130 valence electrons. The zero-order chi connectivity index (χ0) is 18.0. The molecule has 3 aromatic carbocycles. The first kappa shape index (κ1) is 16.4.